The Morgan fingerprint density at radius 2 is 1.88 bits per heavy atom. The number of carbonyl (C=O) groups excluding carboxylic acids is 1. The molecule has 1 aromatic heterocycles. The monoisotopic (exact) mass is 527 g/mol. The van der Waals surface area contributed by atoms with Crippen LogP contribution in [-0.4, -0.2) is 31.3 Å². The first-order chi connectivity index (χ1) is 15.9. The van der Waals surface area contributed by atoms with Crippen LogP contribution in [0.3, 0.4) is 0 Å². The fraction of sp³-hybridized carbons (Fsp3) is 0.0455. The van der Waals surface area contributed by atoms with Crippen molar-refractivity contribution in [3.05, 3.63) is 93.2 Å². The molecular formula is C22H15BrFN5O3S. The first-order valence-corrected chi connectivity index (χ1v) is 11.3. The molecule has 0 unspecified atom stereocenters. The Labute approximate surface area is 200 Å². The number of carbonyl (C=O) groups is 1. The van der Waals surface area contributed by atoms with E-state index in [2.05, 4.69) is 31.4 Å². The molecule has 3 aromatic carbocycles. The van der Waals surface area contributed by atoms with Gasteiger partial charge in [-0.25, -0.2) is 4.39 Å². The van der Waals surface area contributed by atoms with Gasteiger partial charge in [-0.2, -0.15) is 0 Å². The van der Waals surface area contributed by atoms with Crippen molar-refractivity contribution in [1.82, 2.24) is 14.8 Å². The van der Waals surface area contributed by atoms with Crippen molar-refractivity contribution >= 4 is 45.0 Å². The van der Waals surface area contributed by atoms with Gasteiger partial charge in [0.05, 0.1) is 16.4 Å². The van der Waals surface area contributed by atoms with Crippen molar-refractivity contribution < 1.29 is 14.1 Å². The molecule has 166 valence electrons. The second-order valence-electron chi connectivity index (χ2n) is 6.75. The number of hydrogen-bond donors (Lipinski definition) is 1. The molecule has 33 heavy (non-hydrogen) atoms. The van der Waals surface area contributed by atoms with E-state index in [0.29, 0.717) is 21.0 Å². The molecule has 0 aliphatic carbocycles. The van der Waals surface area contributed by atoms with Gasteiger partial charge in [0.2, 0.25) is 5.91 Å². The first kappa shape index (κ1) is 22.6. The molecule has 0 saturated carbocycles. The standard InChI is InChI=1S/C22H15BrFN5O3S/c23-15-9-10-19(18(24)12-15)25-20(30)13-33-22-27-26-21(28(22)16-6-2-1-3-7-16)14-5-4-8-17(11-14)29(31)32/h1-12H,13H2,(H,25,30). The predicted molar refractivity (Wildman–Crippen MR) is 127 cm³/mol. The van der Waals surface area contributed by atoms with Gasteiger partial charge in [-0.1, -0.05) is 58.0 Å². The summed E-state index contributed by atoms with van der Waals surface area (Å²) in [5, 5.41) is 22.6. The summed E-state index contributed by atoms with van der Waals surface area (Å²) in [6, 6.07) is 19.7. The highest BCUT2D eigenvalue weighted by atomic mass is 79.9. The number of rotatable bonds is 7. The van der Waals surface area contributed by atoms with Gasteiger partial charge in [-0.3, -0.25) is 19.5 Å². The summed E-state index contributed by atoms with van der Waals surface area (Å²) in [6.45, 7) is 0. The quantitative estimate of drug-likeness (QED) is 0.194. The molecule has 0 bridgehead atoms. The molecule has 8 nitrogen and oxygen atoms in total. The van der Waals surface area contributed by atoms with Crippen molar-refractivity contribution in [2.24, 2.45) is 0 Å². The van der Waals surface area contributed by atoms with E-state index in [1.807, 2.05) is 30.3 Å². The third kappa shape index (κ3) is 5.26. The van der Waals surface area contributed by atoms with Crippen LogP contribution in [0.2, 0.25) is 0 Å². The lowest BCUT2D eigenvalue weighted by atomic mass is 10.2. The van der Waals surface area contributed by atoms with Gasteiger partial charge in [-0.05, 0) is 30.3 Å². The molecule has 0 spiro atoms. The molecule has 0 radical (unpaired) electrons. The number of halogens is 2. The Bertz CT molecular complexity index is 1330. The van der Waals surface area contributed by atoms with Gasteiger partial charge in [-0.15, -0.1) is 10.2 Å². The summed E-state index contributed by atoms with van der Waals surface area (Å²) < 4.78 is 16.3. The van der Waals surface area contributed by atoms with Gasteiger partial charge in [0.25, 0.3) is 5.69 Å². The van der Waals surface area contributed by atoms with Crippen molar-refractivity contribution in [2.45, 2.75) is 5.16 Å². The number of nitro groups is 1. The van der Waals surface area contributed by atoms with Crippen LogP contribution in [-0.2, 0) is 4.79 Å². The van der Waals surface area contributed by atoms with E-state index in [0.717, 1.165) is 17.4 Å². The zero-order valence-electron chi connectivity index (χ0n) is 16.8. The van der Waals surface area contributed by atoms with E-state index < -0.39 is 16.6 Å². The van der Waals surface area contributed by atoms with E-state index in [4.69, 9.17) is 0 Å². The van der Waals surface area contributed by atoms with Crippen LogP contribution in [0.25, 0.3) is 17.1 Å². The highest BCUT2D eigenvalue weighted by Crippen LogP contribution is 2.30. The number of nitrogens with one attached hydrogen (secondary N) is 1. The van der Waals surface area contributed by atoms with Crippen LogP contribution < -0.4 is 5.32 Å². The minimum absolute atomic E-state index is 0.0462. The van der Waals surface area contributed by atoms with Gasteiger partial charge in [0, 0.05) is 27.9 Å². The van der Waals surface area contributed by atoms with Crippen LogP contribution in [0.1, 0.15) is 0 Å². The van der Waals surface area contributed by atoms with E-state index in [9.17, 15) is 19.3 Å². The third-order valence-electron chi connectivity index (χ3n) is 4.50. The summed E-state index contributed by atoms with van der Waals surface area (Å²) >= 11 is 4.29. The lowest BCUT2D eigenvalue weighted by Crippen LogP contribution is -2.15. The van der Waals surface area contributed by atoms with E-state index in [1.165, 1.54) is 24.3 Å². The maximum Gasteiger partial charge on any atom is 0.270 e. The molecule has 1 N–H and O–H groups in total. The second kappa shape index (κ2) is 9.92. The number of amides is 1. The largest absolute Gasteiger partial charge is 0.323 e. The second-order valence-corrected chi connectivity index (χ2v) is 8.60. The number of benzene rings is 3. The summed E-state index contributed by atoms with van der Waals surface area (Å²) in [4.78, 5) is 23.1. The Balaban J connectivity index is 1.61. The molecule has 0 aliphatic rings. The molecule has 0 saturated heterocycles. The highest BCUT2D eigenvalue weighted by molar-refractivity contribution is 9.10. The van der Waals surface area contributed by atoms with E-state index in [-0.39, 0.29) is 17.1 Å². The van der Waals surface area contributed by atoms with Crippen LogP contribution in [0, 0.1) is 15.9 Å². The Kier molecular flexibility index (Phi) is 6.80. The molecule has 1 amide bonds. The molecule has 1 heterocycles. The number of anilines is 1. The first-order valence-electron chi connectivity index (χ1n) is 9.56. The van der Waals surface area contributed by atoms with Crippen molar-refractivity contribution in [3.63, 3.8) is 0 Å². The minimum atomic E-state index is -0.553. The Morgan fingerprint density at radius 3 is 2.61 bits per heavy atom. The number of aromatic nitrogens is 3. The average molecular weight is 528 g/mol. The molecule has 0 fully saturated rings. The fourth-order valence-electron chi connectivity index (χ4n) is 3.03. The highest BCUT2D eigenvalue weighted by Gasteiger charge is 2.19. The zero-order chi connectivity index (χ0) is 23.4. The maximum atomic E-state index is 14.0. The number of non-ortho nitro benzene ring substituents is 1. The van der Waals surface area contributed by atoms with Crippen molar-refractivity contribution in [2.75, 3.05) is 11.1 Å². The molecule has 11 heteroatoms. The SMILES string of the molecule is O=C(CSc1nnc(-c2cccc([N+](=O)[O-])c2)n1-c1ccccc1)Nc1ccc(Br)cc1F. The molecular weight excluding hydrogens is 513 g/mol. The molecule has 4 aromatic rings. The van der Waals surface area contributed by atoms with Crippen LogP contribution in [0.4, 0.5) is 15.8 Å². The van der Waals surface area contributed by atoms with Crippen molar-refractivity contribution in [1.29, 1.82) is 0 Å². The van der Waals surface area contributed by atoms with E-state index in [1.54, 1.807) is 22.8 Å². The topological polar surface area (TPSA) is 103 Å². The summed E-state index contributed by atoms with van der Waals surface area (Å²) in [6.07, 6.45) is 0. The predicted octanol–water partition coefficient (Wildman–Crippen LogP) is 5.47. The van der Waals surface area contributed by atoms with Gasteiger partial charge >= 0.3 is 0 Å². The number of para-hydroxylation sites is 1. The number of thioether (sulfide) groups is 1. The van der Waals surface area contributed by atoms with Crippen LogP contribution >= 0.6 is 27.7 Å². The zero-order valence-corrected chi connectivity index (χ0v) is 19.2. The third-order valence-corrected chi connectivity index (χ3v) is 5.92. The minimum Gasteiger partial charge on any atom is -0.323 e. The summed E-state index contributed by atoms with van der Waals surface area (Å²) in [5.41, 5.74) is 1.24. The number of hydrogen-bond acceptors (Lipinski definition) is 6. The van der Waals surface area contributed by atoms with E-state index >= 15 is 0 Å². The van der Waals surface area contributed by atoms with Gasteiger partial charge in [0.1, 0.15) is 5.82 Å². The molecule has 0 atom stereocenters. The molecule has 0 aliphatic heterocycles. The lowest BCUT2D eigenvalue weighted by molar-refractivity contribution is -0.384. The Hall–Kier alpha value is -3.57. The van der Waals surface area contributed by atoms with Gasteiger partial charge in [0.15, 0.2) is 11.0 Å². The molecule has 4 rings (SSSR count). The number of nitrogens with zero attached hydrogens (tertiary/aromatic N) is 4. The number of nitro benzene ring substituents is 1. The summed E-state index contributed by atoms with van der Waals surface area (Å²) in [5.74, 6) is -0.620. The average Bonchev–Trinajstić information content (AvgIpc) is 3.24. The van der Waals surface area contributed by atoms with Crippen molar-refractivity contribution in [3.8, 4) is 17.1 Å². The fourth-order valence-corrected chi connectivity index (χ4v) is 4.11. The van der Waals surface area contributed by atoms with Crippen LogP contribution in [0.5, 0.6) is 0 Å². The maximum absolute atomic E-state index is 14.0. The smallest absolute Gasteiger partial charge is 0.270 e. The van der Waals surface area contributed by atoms with Gasteiger partial charge < -0.3 is 5.32 Å². The lowest BCUT2D eigenvalue weighted by Gasteiger charge is -2.10. The summed E-state index contributed by atoms with van der Waals surface area (Å²) in [7, 11) is 0. The van der Waals surface area contributed by atoms with Crippen LogP contribution in [0.15, 0.2) is 82.4 Å². The Morgan fingerprint density at radius 1 is 1.09 bits per heavy atom. The normalized spacial score (nSPS) is 10.7.